The standard InChI is InChI=1S/C14H19NO3/c1-9-10(15-13(16)14(2,3)4)5-6-11-12(9)18-8-7-17-11/h5-6H,7-8H2,1-4H3,(H,15,16). The minimum Gasteiger partial charge on any atom is -0.486 e. The number of fused-ring (bicyclic) bond motifs is 1. The molecular weight excluding hydrogens is 230 g/mol. The molecule has 0 spiro atoms. The maximum Gasteiger partial charge on any atom is 0.229 e. The first-order valence-corrected chi connectivity index (χ1v) is 6.10. The third kappa shape index (κ3) is 2.42. The SMILES string of the molecule is Cc1c(NC(=O)C(C)(C)C)ccc2c1OCCO2. The molecule has 1 aliphatic heterocycles. The number of hydrogen-bond donors (Lipinski definition) is 1. The second-order valence-corrected chi connectivity index (χ2v) is 5.47. The summed E-state index contributed by atoms with van der Waals surface area (Å²) < 4.78 is 11.1. The summed E-state index contributed by atoms with van der Waals surface area (Å²) in [6.07, 6.45) is 0. The van der Waals surface area contributed by atoms with Crippen molar-refractivity contribution in [3.05, 3.63) is 17.7 Å². The fraction of sp³-hybridized carbons (Fsp3) is 0.500. The Morgan fingerprint density at radius 1 is 1.22 bits per heavy atom. The number of rotatable bonds is 1. The number of benzene rings is 1. The Labute approximate surface area is 107 Å². The van der Waals surface area contributed by atoms with E-state index in [2.05, 4.69) is 5.32 Å². The van der Waals surface area contributed by atoms with Crippen LogP contribution in [0.25, 0.3) is 0 Å². The number of ether oxygens (including phenoxy) is 2. The molecule has 18 heavy (non-hydrogen) atoms. The third-order valence-electron chi connectivity index (χ3n) is 2.89. The van der Waals surface area contributed by atoms with Crippen LogP contribution in [0.2, 0.25) is 0 Å². The lowest BCUT2D eigenvalue weighted by atomic mass is 9.95. The van der Waals surface area contributed by atoms with Crippen molar-refractivity contribution in [2.24, 2.45) is 5.41 Å². The van der Waals surface area contributed by atoms with Gasteiger partial charge in [-0.15, -0.1) is 0 Å². The summed E-state index contributed by atoms with van der Waals surface area (Å²) in [4.78, 5) is 12.0. The van der Waals surface area contributed by atoms with Crippen LogP contribution in [0.4, 0.5) is 5.69 Å². The number of anilines is 1. The van der Waals surface area contributed by atoms with Crippen molar-refractivity contribution >= 4 is 11.6 Å². The van der Waals surface area contributed by atoms with Gasteiger partial charge >= 0.3 is 0 Å². The van der Waals surface area contributed by atoms with Gasteiger partial charge in [-0.3, -0.25) is 4.79 Å². The van der Waals surface area contributed by atoms with Crippen LogP contribution in [0, 0.1) is 12.3 Å². The minimum absolute atomic E-state index is 0.0118. The van der Waals surface area contributed by atoms with Gasteiger partial charge in [-0.1, -0.05) is 20.8 Å². The Kier molecular flexibility index (Phi) is 3.20. The molecule has 0 bridgehead atoms. The summed E-state index contributed by atoms with van der Waals surface area (Å²) in [6, 6.07) is 3.69. The molecule has 0 atom stereocenters. The van der Waals surface area contributed by atoms with Crippen LogP contribution in [-0.2, 0) is 4.79 Å². The highest BCUT2D eigenvalue weighted by Crippen LogP contribution is 2.37. The van der Waals surface area contributed by atoms with E-state index in [-0.39, 0.29) is 5.91 Å². The van der Waals surface area contributed by atoms with E-state index in [1.165, 1.54) is 0 Å². The number of hydrogen-bond acceptors (Lipinski definition) is 3. The van der Waals surface area contributed by atoms with Gasteiger partial charge in [0.15, 0.2) is 11.5 Å². The Balaban J connectivity index is 2.27. The van der Waals surface area contributed by atoms with E-state index in [1.807, 2.05) is 39.8 Å². The van der Waals surface area contributed by atoms with Gasteiger partial charge in [0.05, 0.1) is 0 Å². The van der Waals surface area contributed by atoms with Gasteiger partial charge in [-0.2, -0.15) is 0 Å². The molecule has 0 saturated carbocycles. The minimum atomic E-state index is -0.417. The van der Waals surface area contributed by atoms with Crippen molar-refractivity contribution in [2.45, 2.75) is 27.7 Å². The van der Waals surface area contributed by atoms with Gasteiger partial charge < -0.3 is 14.8 Å². The molecule has 1 aliphatic rings. The zero-order valence-electron chi connectivity index (χ0n) is 11.3. The predicted octanol–water partition coefficient (Wildman–Crippen LogP) is 2.75. The molecule has 0 aromatic heterocycles. The lowest BCUT2D eigenvalue weighted by molar-refractivity contribution is -0.123. The van der Waals surface area contributed by atoms with E-state index in [1.54, 1.807) is 0 Å². The fourth-order valence-corrected chi connectivity index (χ4v) is 1.70. The maximum atomic E-state index is 12.0. The summed E-state index contributed by atoms with van der Waals surface area (Å²) in [5.74, 6) is 1.46. The van der Waals surface area contributed by atoms with Crippen LogP contribution in [0.1, 0.15) is 26.3 Å². The Morgan fingerprint density at radius 3 is 2.56 bits per heavy atom. The van der Waals surface area contributed by atoms with E-state index < -0.39 is 5.41 Å². The molecule has 0 aliphatic carbocycles. The first-order chi connectivity index (χ1) is 8.39. The molecule has 0 radical (unpaired) electrons. The van der Waals surface area contributed by atoms with E-state index in [9.17, 15) is 4.79 Å². The average Bonchev–Trinajstić information content (AvgIpc) is 2.32. The topological polar surface area (TPSA) is 47.6 Å². The van der Waals surface area contributed by atoms with Crippen LogP contribution < -0.4 is 14.8 Å². The highest BCUT2D eigenvalue weighted by Gasteiger charge is 2.23. The molecule has 2 rings (SSSR count). The molecule has 1 amide bonds. The Morgan fingerprint density at radius 2 is 1.89 bits per heavy atom. The lowest BCUT2D eigenvalue weighted by Crippen LogP contribution is -2.28. The van der Waals surface area contributed by atoms with Crippen molar-refractivity contribution in [3.8, 4) is 11.5 Å². The first kappa shape index (κ1) is 12.7. The van der Waals surface area contributed by atoms with Crippen molar-refractivity contribution in [3.63, 3.8) is 0 Å². The third-order valence-corrected chi connectivity index (χ3v) is 2.89. The lowest BCUT2D eigenvalue weighted by Gasteiger charge is -2.23. The molecule has 0 unspecified atom stereocenters. The smallest absolute Gasteiger partial charge is 0.229 e. The Bertz CT molecular complexity index is 475. The van der Waals surface area contributed by atoms with Crippen LogP contribution in [0.15, 0.2) is 12.1 Å². The number of nitrogens with one attached hydrogen (secondary N) is 1. The quantitative estimate of drug-likeness (QED) is 0.832. The van der Waals surface area contributed by atoms with Crippen LogP contribution in [0.3, 0.4) is 0 Å². The predicted molar refractivity (Wildman–Crippen MR) is 70.3 cm³/mol. The summed E-state index contributed by atoms with van der Waals surface area (Å²) in [6.45, 7) is 8.69. The van der Waals surface area contributed by atoms with Crippen LogP contribution >= 0.6 is 0 Å². The second-order valence-electron chi connectivity index (χ2n) is 5.47. The van der Waals surface area contributed by atoms with Gasteiger partial charge in [0, 0.05) is 16.7 Å². The van der Waals surface area contributed by atoms with Crippen molar-refractivity contribution in [1.29, 1.82) is 0 Å². The molecule has 1 aromatic carbocycles. The molecule has 1 aromatic rings. The second kappa shape index (κ2) is 4.52. The molecule has 4 nitrogen and oxygen atoms in total. The molecule has 1 heterocycles. The van der Waals surface area contributed by atoms with Crippen molar-refractivity contribution < 1.29 is 14.3 Å². The zero-order chi connectivity index (χ0) is 13.3. The van der Waals surface area contributed by atoms with E-state index in [0.29, 0.717) is 13.2 Å². The van der Waals surface area contributed by atoms with Crippen LogP contribution in [-0.4, -0.2) is 19.1 Å². The van der Waals surface area contributed by atoms with Gasteiger partial charge in [-0.25, -0.2) is 0 Å². The molecule has 4 heteroatoms. The summed E-state index contributed by atoms with van der Waals surface area (Å²) in [5, 5.41) is 2.93. The fourth-order valence-electron chi connectivity index (χ4n) is 1.70. The van der Waals surface area contributed by atoms with Gasteiger partial charge in [-0.05, 0) is 19.1 Å². The van der Waals surface area contributed by atoms with Crippen molar-refractivity contribution in [1.82, 2.24) is 0 Å². The summed E-state index contributed by atoms with van der Waals surface area (Å²) in [5.41, 5.74) is 1.27. The van der Waals surface area contributed by atoms with Crippen molar-refractivity contribution in [2.75, 3.05) is 18.5 Å². The highest BCUT2D eigenvalue weighted by molar-refractivity contribution is 5.95. The number of amides is 1. The molecular formula is C14H19NO3. The number of carbonyl (C=O) groups is 1. The molecule has 98 valence electrons. The Hall–Kier alpha value is -1.71. The molecule has 0 saturated heterocycles. The molecule has 1 N–H and O–H groups in total. The maximum absolute atomic E-state index is 12.0. The largest absolute Gasteiger partial charge is 0.486 e. The van der Waals surface area contributed by atoms with Gasteiger partial charge in [0.25, 0.3) is 0 Å². The molecule has 0 fully saturated rings. The van der Waals surface area contributed by atoms with Gasteiger partial charge in [0.2, 0.25) is 5.91 Å². The van der Waals surface area contributed by atoms with Crippen LogP contribution in [0.5, 0.6) is 11.5 Å². The van der Waals surface area contributed by atoms with Gasteiger partial charge in [0.1, 0.15) is 13.2 Å². The van der Waals surface area contributed by atoms with E-state index in [0.717, 1.165) is 22.7 Å². The monoisotopic (exact) mass is 249 g/mol. The first-order valence-electron chi connectivity index (χ1n) is 6.10. The highest BCUT2D eigenvalue weighted by atomic mass is 16.6. The average molecular weight is 249 g/mol. The number of carbonyl (C=O) groups excluding carboxylic acids is 1. The van der Waals surface area contributed by atoms with E-state index >= 15 is 0 Å². The normalized spacial score (nSPS) is 14.2. The summed E-state index contributed by atoms with van der Waals surface area (Å²) in [7, 11) is 0. The zero-order valence-corrected chi connectivity index (χ0v) is 11.3. The van der Waals surface area contributed by atoms with E-state index in [4.69, 9.17) is 9.47 Å². The summed E-state index contributed by atoms with van der Waals surface area (Å²) >= 11 is 0.